The minimum Gasteiger partial charge on any atom is -0.478 e. The topological polar surface area (TPSA) is 101 Å². The molecule has 0 aliphatic heterocycles. The molecule has 0 aliphatic carbocycles. The number of methoxy groups -OCH3 is 1. The molecule has 0 fully saturated rings. The first-order chi connectivity index (χ1) is 8.45. The van der Waals surface area contributed by atoms with Crippen molar-refractivity contribution in [2.75, 3.05) is 7.11 Å². The van der Waals surface area contributed by atoms with Crippen LogP contribution >= 0.6 is 0 Å². The quantitative estimate of drug-likeness (QED) is 0.587. The van der Waals surface area contributed by atoms with Gasteiger partial charge in [-0.1, -0.05) is 5.92 Å². The van der Waals surface area contributed by atoms with Crippen molar-refractivity contribution in [1.29, 1.82) is 0 Å². The molecule has 2 N–H and O–H groups in total. The standard InChI is InChI=1S/C12H8O6/c1-18-10(13)5-3-7-6-8(11(14)15)2-4-9(7)12(16)17/h2,4,6H,1H3,(H,14,15)(H,16,17). The van der Waals surface area contributed by atoms with E-state index in [-0.39, 0.29) is 16.7 Å². The van der Waals surface area contributed by atoms with Crippen LogP contribution in [-0.4, -0.2) is 35.2 Å². The molecule has 92 valence electrons. The Bertz CT molecular complexity index is 576. The van der Waals surface area contributed by atoms with E-state index >= 15 is 0 Å². The molecule has 0 aliphatic rings. The van der Waals surface area contributed by atoms with Crippen LogP contribution in [0.4, 0.5) is 0 Å². The van der Waals surface area contributed by atoms with E-state index in [1.165, 1.54) is 0 Å². The maximum Gasteiger partial charge on any atom is 0.384 e. The van der Waals surface area contributed by atoms with Gasteiger partial charge in [0.15, 0.2) is 0 Å². The van der Waals surface area contributed by atoms with E-state index < -0.39 is 17.9 Å². The van der Waals surface area contributed by atoms with Gasteiger partial charge >= 0.3 is 17.9 Å². The second-order valence-corrected chi connectivity index (χ2v) is 3.11. The highest BCUT2D eigenvalue weighted by molar-refractivity contribution is 5.95. The fourth-order valence-electron chi connectivity index (χ4n) is 1.14. The molecule has 0 heterocycles. The monoisotopic (exact) mass is 248 g/mol. The molecule has 6 nitrogen and oxygen atoms in total. The number of hydrogen-bond donors (Lipinski definition) is 2. The smallest absolute Gasteiger partial charge is 0.384 e. The molecule has 1 aromatic carbocycles. The Hall–Kier alpha value is -2.81. The summed E-state index contributed by atoms with van der Waals surface area (Å²) in [5.41, 5.74) is -0.363. The summed E-state index contributed by atoms with van der Waals surface area (Å²) in [6.07, 6.45) is 0. The lowest BCUT2D eigenvalue weighted by Crippen LogP contribution is -2.04. The number of carbonyl (C=O) groups excluding carboxylic acids is 1. The van der Waals surface area contributed by atoms with E-state index in [1.807, 2.05) is 5.92 Å². The molecule has 1 rings (SSSR count). The average Bonchev–Trinajstić information content (AvgIpc) is 2.35. The number of ether oxygens (including phenoxy) is 1. The van der Waals surface area contributed by atoms with E-state index in [0.717, 1.165) is 25.3 Å². The molecule has 0 saturated carbocycles. The first-order valence-corrected chi connectivity index (χ1v) is 4.66. The molecule has 0 bridgehead atoms. The van der Waals surface area contributed by atoms with Gasteiger partial charge in [0, 0.05) is 11.5 Å². The van der Waals surface area contributed by atoms with E-state index in [9.17, 15) is 14.4 Å². The number of carboxylic acids is 2. The van der Waals surface area contributed by atoms with Crippen LogP contribution in [0.2, 0.25) is 0 Å². The van der Waals surface area contributed by atoms with E-state index in [4.69, 9.17) is 10.2 Å². The lowest BCUT2D eigenvalue weighted by molar-refractivity contribution is -0.133. The second kappa shape index (κ2) is 5.50. The van der Waals surface area contributed by atoms with Gasteiger partial charge in [-0.05, 0) is 18.2 Å². The zero-order chi connectivity index (χ0) is 13.7. The van der Waals surface area contributed by atoms with Crippen LogP contribution < -0.4 is 0 Å². The summed E-state index contributed by atoms with van der Waals surface area (Å²) in [7, 11) is 1.13. The van der Waals surface area contributed by atoms with Crippen LogP contribution in [0.15, 0.2) is 18.2 Å². The summed E-state index contributed by atoms with van der Waals surface area (Å²) < 4.78 is 4.27. The molecule has 0 unspecified atom stereocenters. The first kappa shape index (κ1) is 13.3. The van der Waals surface area contributed by atoms with E-state index in [2.05, 4.69) is 10.7 Å². The Morgan fingerprint density at radius 1 is 1.17 bits per heavy atom. The highest BCUT2D eigenvalue weighted by Crippen LogP contribution is 2.11. The Labute approximate surface area is 102 Å². The summed E-state index contributed by atoms with van der Waals surface area (Å²) >= 11 is 0. The summed E-state index contributed by atoms with van der Waals surface area (Å²) in [5, 5.41) is 17.7. The van der Waals surface area contributed by atoms with Crippen molar-refractivity contribution in [3.63, 3.8) is 0 Å². The largest absolute Gasteiger partial charge is 0.478 e. The Morgan fingerprint density at radius 2 is 1.83 bits per heavy atom. The second-order valence-electron chi connectivity index (χ2n) is 3.11. The van der Waals surface area contributed by atoms with Gasteiger partial charge in [-0.2, -0.15) is 0 Å². The summed E-state index contributed by atoms with van der Waals surface area (Å²) in [4.78, 5) is 32.5. The van der Waals surface area contributed by atoms with Crippen molar-refractivity contribution in [1.82, 2.24) is 0 Å². The number of aromatic carboxylic acids is 2. The van der Waals surface area contributed by atoms with Crippen LogP contribution in [0.5, 0.6) is 0 Å². The van der Waals surface area contributed by atoms with Gasteiger partial charge in [0.1, 0.15) is 0 Å². The predicted molar refractivity (Wildman–Crippen MR) is 59.3 cm³/mol. The minimum atomic E-state index is -1.26. The van der Waals surface area contributed by atoms with Crippen LogP contribution in [-0.2, 0) is 9.53 Å². The van der Waals surface area contributed by atoms with Crippen molar-refractivity contribution in [3.8, 4) is 11.8 Å². The van der Waals surface area contributed by atoms with Crippen LogP contribution in [0.1, 0.15) is 26.3 Å². The third kappa shape index (κ3) is 3.09. The molecule has 0 aromatic heterocycles. The highest BCUT2D eigenvalue weighted by atomic mass is 16.5. The van der Waals surface area contributed by atoms with Crippen LogP contribution in [0.25, 0.3) is 0 Å². The molecule has 0 spiro atoms. The van der Waals surface area contributed by atoms with Gasteiger partial charge in [0.05, 0.1) is 18.2 Å². The Balaban J connectivity index is 3.31. The van der Waals surface area contributed by atoms with Gasteiger partial charge in [-0.15, -0.1) is 0 Å². The molecular formula is C12H8O6. The Kier molecular flexibility index (Phi) is 4.05. The fourth-order valence-corrected chi connectivity index (χ4v) is 1.14. The Morgan fingerprint density at radius 3 is 2.33 bits per heavy atom. The molecule has 1 aromatic rings. The van der Waals surface area contributed by atoms with Crippen molar-refractivity contribution in [2.24, 2.45) is 0 Å². The lowest BCUT2D eigenvalue weighted by atomic mass is 10.0. The van der Waals surface area contributed by atoms with E-state index in [0.29, 0.717) is 0 Å². The van der Waals surface area contributed by atoms with Gasteiger partial charge in [0.2, 0.25) is 0 Å². The van der Waals surface area contributed by atoms with Gasteiger partial charge in [-0.3, -0.25) is 0 Å². The third-order valence-corrected chi connectivity index (χ3v) is 1.98. The summed E-state index contributed by atoms with van der Waals surface area (Å²) in [6.45, 7) is 0. The maximum atomic E-state index is 10.9. The maximum absolute atomic E-state index is 10.9. The highest BCUT2D eigenvalue weighted by Gasteiger charge is 2.12. The average molecular weight is 248 g/mol. The molecule has 0 atom stereocenters. The number of esters is 1. The SMILES string of the molecule is COC(=O)C#Cc1cc(C(=O)O)ccc1C(=O)O. The van der Waals surface area contributed by atoms with Crippen LogP contribution in [0.3, 0.4) is 0 Å². The summed E-state index contributed by atoms with van der Waals surface area (Å²) in [5.74, 6) is 0.996. The summed E-state index contributed by atoms with van der Waals surface area (Å²) in [6, 6.07) is 3.35. The molecular weight excluding hydrogens is 240 g/mol. The van der Waals surface area contributed by atoms with Crippen molar-refractivity contribution >= 4 is 17.9 Å². The fraction of sp³-hybridized carbons (Fsp3) is 0.0833. The first-order valence-electron chi connectivity index (χ1n) is 4.66. The van der Waals surface area contributed by atoms with Gasteiger partial charge in [0.25, 0.3) is 0 Å². The number of hydrogen-bond acceptors (Lipinski definition) is 4. The van der Waals surface area contributed by atoms with E-state index in [1.54, 1.807) is 0 Å². The third-order valence-electron chi connectivity index (χ3n) is 1.98. The molecule has 6 heteroatoms. The van der Waals surface area contributed by atoms with Crippen molar-refractivity contribution in [3.05, 3.63) is 34.9 Å². The zero-order valence-corrected chi connectivity index (χ0v) is 9.26. The molecule has 0 amide bonds. The van der Waals surface area contributed by atoms with Gasteiger partial charge in [-0.25, -0.2) is 14.4 Å². The van der Waals surface area contributed by atoms with Crippen molar-refractivity contribution in [2.45, 2.75) is 0 Å². The molecule has 18 heavy (non-hydrogen) atoms. The number of benzene rings is 1. The number of carboxylic acid groups (broad SMARTS) is 2. The number of carbonyl (C=O) groups is 3. The molecule has 0 saturated heterocycles. The lowest BCUT2D eigenvalue weighted by Gasteiger charge is -2.00. The van der Waals surface area contributed by atoms with Crippen LogP contribution in [0, 0.1) is 11.8 Å². The predicted octanol–water partition coefficient (Wildman–Crippen LogP) is 0.608. The normalized spacial score (nSPS) is 8.94. The molecule has 0 radical (unpaired) electrons. The number of rotatable bonds is 2. The zero-order valence-electron chi connectivity index (χ0n) is 9.26. The van der Waals surface area contributed by atoms with Gasteiger partial charge < -0.3 is 14.9 Å². The minimum absolute atomic E-state index is 0.0622. The van der Waals surface area contributed by atoms with Crippen molar-refractivity contribution < 1.29 is 29.3 Å².